The Balaban J connectivity index is 1.53. The highest BCUT2D eigenvalue weighted by molar-refractivity contribution is 7.88. The maximum Gasteiger partial charge on any atom is 0.534 e. The van der Waals surface area contributed by atoms with Gasteiger partial charge in [-0.1, -0.05) is 12.1 Å². The summed E-state index contributed by atoms with van der Waals surface area (Å²) in [5.41, 5.74) is -5.70. The number of hydrogen-bond donors (Lipinski definition) is 1. The van der Waals surface area contributed by atoms with E-state index in [0.717, 1.165) is 6.07 Å². The van der Waals surface area contributed by atoms with Crippen molar-refractivity contribution in [1.82, 2.24) is 15.2 Å². The molecule has 1 aliphatic carbocycles. The molecule has 43 heavy (non-hydrogen) atoms. The summed E-state index contributed by atoms with van der Waals surface area (Å²) in [4.78, 5) is 31.2. The van der Waals surface area contributed by atoms with Crippen LogP contribution in [-0.4, -0.2) is 61.6 Å². The largest absolute Gasteiger partial charge is 0.534 e. The van der Waals surface area contributed by atoms with E-state index in [4.69, 9.17) is 9.47 Å². The number of aryl methyl sites for hydroxylation is 1. The number of nitrogens with one attached hydrogen (secondary N) is 1. The molecule has 232 valence electrons. The minimum absolute atomic E-state index is 0.135. The lowest BCUT2D eigenvalue weighted by molar-refractivity contribution is -0.0500. The molecule has 0 unspecified atom stereocenters. The number of carbonyl (C=O) groups excluding carboxylic acids is 2. The zero-order chi connectivity index (χ0) is 31.8. The van der Waals surface area contributed by atoms with Gasteiger partial charge in [0.15, 0.2) is 0 Å². The van der Waals surface area contributed by atoms with Gasteiger partial charge in [-0.3, -0.25) is 9.78 Å². The van der Waals surface area contributed by atoms with Gasteiger partial charge in [-0.05, 0) is 75.9 Å². The van der Waals surface area contributed by atoms with Crippen LogP contribution in [0.5, 0.6) is 11.5 Å². The minimum atomic E-state index is -5.92. The second-order valence-corrected chi connectivity index (χ2v) is 12.8. The quantitative estimate of drug-likeness (QED) is 0.247. The normalized spacial score (nSPS) is 14.6. The minimum Gasteiger partial charge on any atom is -0.492 e. The van der Waals surface area contributed by atoms with Crippen molar-refractivity contribution in [1.29, 1.82) is 0 Å². The molecular formula is C29H32F3N3O7S. The van der Waals surface area contributed by atoms with Crippen molar-refractivity contribution in [2.45, 2.75) is 57.2 Å². The van der Waals surface area contributed by atoms with Gasteiger partial charge in [0.1, 0.15) is 23.7 Å². The van der Waals surface area contributed by atoms with Gasteiger partial charge >= 0.3 is 21.7 Å². The Kier molecular flexibility index (Phi) is 8.56. The fraction of sp³-hybridized carbons (Fsp3) is 0.414. The molecule has 1 heterocycles. The van der Waals surface area contributed by atoms with Crippen molar-refractivity contribution in [3.05, 3.63) is 65.4 Å². The monoisotopic (exact) mass is 623 g/mol. The average molecular weight is 624 g/mol. The second kappa shape index (κ2) is 11.5. The van der Waals surface area contributed by atoms with Crippen molar-refractivity contribution in [3.8, 4) is 11.5 Å². The first kappa shape index (κ1) is 31.9. The van der Waals surface area contributed by atoms with Gasteiger partial charge < -0.3 is 23.9 Å². The van der Waals surface area contributed by atoms with Gasteiger partial charge in [0.05, 0.1) is 17.6 Å². The number of carbonyl (C=O) groups is 2. The number of pyridine rings is 1. The molecule has 1 aliphatic rings. The van der Waals surface area contributed by atoms with Crippen molar-refractivity contribution in [2.75, 3.05) is 20.2 Å². The first-order valence-electron chi connectivity index (χ1n) is 13.3. The lowest BCUT2D eigenvalue weighted by Gasteiger charge is -2.24. The Labute approximate surface area is 247 Å². The van der Waals surface area contributed by atoms with Gasteiger partial charge in [-0.15, -0.1) is 0 Å². The number of hydrogen-bond acceptors (Lipinski definition) is 8. The number of amides is 2. The van der Waals surface area contributed by atoms with E-state index in [-0.39, 0.29) is 18.7 Å². The summed E-state index contributed by atoms with van der Waals surface area (Å²) in [5, 5.41) is 3.50. The molecule has 2 aromatic carbocycles. The van der Waals surface area contributed by atoms with Crippen LogP contribution in [0.25, 0.3) is 10.9 Å². The first-order chi connectivity index (χ1) is 19.9. The van der Waals surface area contributed by atoms with Crippen LogP contribution in [0.4, 0.5) is 18.0 Å². The second-order valence-electron chi connectivity index (χ2n) is 11.3. The number of alkyl halides is 3. The molecule has 0 aliphatic heterocycles. The third-order valence-electron chi connectivity index (χ3n) is 6.66. The molecule has 1 N–H and O–H groups in total. The SMILES string of the molecule is Cc1ccc(OCCN(C)C(=O)OC(C)(C)C)cc1C(=O)NC1(c2cc(OS(=O)(=O)C(F)(F)F)cc3ncccc23)CC1. The van der Waals surface area contributed by atoms with Crippen LogP contribution >= 0.6 is 0 Å². The number of aromatic nitrogens is 1. The molecular weight excluding hydrogens is 591 g/mol. The molecule has 0 bridgehead atoms. The number of halogens is 3. The summed E-state index contributed by atoms with van der Waals surface area (Å²) < 4.78 is 77.9. The standard InChI is InChI=1S/C29H32F3N3O7S/c1-18-8-9-19(40-14-13-35(5)26(37)41-27(2,3)4)15-22(18)25(36)34-28(10-11-28)23-16-20(42-43(38,39)29(30,31)32)17-24-21(23)7-6-12-33-24/h6-9,12,15-17H,10-11,13-14H2,1-5H3,(H,34,36). The average Bonchev–Trinajstić information content (AvgIpc) is 3.67. The van der Waals surface area contributed by atoms with E-state index in [1.807, 2.05) is 0 Å². The van der Waals surface area contributed by atoms with E-state index in [0.29, 0.717) is 40.7 Å². The van der Waals surface area contributed by atoms with Gasteiger partial charge in [0, 0.05) is 30.3 Å². The molecule has 14 heteroatoms. The van der Waals surface area contributed by atoms with E-state index < -0.39 is 44.5 Å². The third kappa shape index (κ3) is 7.48. The molecule has 1 fully saturated rings. The number of nitrogens with zero attached hydrogens (tertiary/aromatic N) is 2. The van der Waals surface area contributed by atoms with E-state index in [1.54, 1.807) is 65.1 Å². The van der Waals surface area contributed by atoms with Crippen LogP contribution in [0.3, 0.4) is 0 Å². The van der Waals surface area contributed by atoms with Crippen LogP contribution in [0, 0.1) is 6.92 Å². The third-order valence-corrected chi connectivity index (χ3v) is 7.64. The zero-order valence-corrected chi connectivity index (χ0v) is 25.1. The molecule has 0 saturated heterocycles. The van der Waals surface area contributed by atoms with E-state index in [2.05, 4.69) is 14.5 Å². The highest BCUT2D eigenvalue weighted by Crippen LogP contribution is 2.49. The fourth-order valence-corrected chi connectivity index (χ4v) is 4.76. The first-order valence-corrected chi connectivity index (χ1v) is 14.7. The Bertz CT molecular complexity index is 1650. The fourth-order valence-electron chi connectivity index (χ4n) is 4.31. The Morgan fingerprint density at radius 1 is 1.07 bits per heavy atom. The summed E-state index contributed by atoms with van der Waals surface area (Å²) >= 11 is 0. The lowest BCUT2D eigenvalue weighted by Crippen LogP contribution is -2.36. The molecule has 0 radical (unpaired) electrons. The molecule has 3 aromatic rings. The van der Waals surface area contributed by atoms with Crippen molar-refractivity contribution in [3.63, 3.8) is 0 Å². The molecule has 4 rings (SSSR count). The van der Waals surface area contributed by atoms with Crippen LogP contribution < -0.4 is 14.2 Å². The maximum absolute atomic E-state index is 13.5. The number of likely N-dealkylation sites (N-methyl/N-ethyl adjacent to an activating group) is 1. The van der Waals surface area contributed by atoms with Crippen LogP contribution in [0.15, 0.2) is 48.7 Å². The van der Waals surface area contributed by atoms with Gasteiger partial charge in [0.25, 0.3) is 5.91 Å². The van der Waals surface area contributed by atoms with Crippen LogP contribution in [-0.2, 0) is 20.4 Å². The smallest absolute Gasteiger partial charge is 0.492 e. The summed E-state index contributed by atoms with van der Waals surface area (Å²) in [5.74, 6) is -0.639. The van der Waals surface area contributed by atoms with E-state index in [9.17, 15) is 31.2 Å². The van der Waals surface area contributed by atoms with Crippen LogP contribution in [0.1, 0.15) is 55.1 Å². The molecule has 0 spiro atoms. The highest BCUT2D eigenvalue weighted by Gasteiger charge is 2.50. The van der Waals surface area contributed by atoms with Gasteiger partial charge in [0.2, 0.25) is 0 Å². The predicted octanol–water partition coefficient (Wildman–Crippen LogP) is 5.44. The van der Waals surface area contributed by atoms with Crippen molar-refractivity contribution < 1.29 is 44.8 Å². The zero-order valence-electron chi connectivity index (χ0n) is 24.2. The highest BCUT2D eigenvalue weighted by atomic mass is 32.2. The van der Waals surface area contributed by atoms with E-state index >= 15 is 0 Å². The van der Waals surface area contributed by atoms with Crippen molar-refractivity contribution in [2.24, 2.45) is 0 Å². The Hall–Kier alpha value is -4.07. The van der Waals surface area contributed by atoms with E-state index in [1.165, 1.54) is 17.2 Å². The summed E-state index contributed by atoms with van der Waals surface area (Å²) in [7, 11) is -4.34. The number of benzene rings is 2. The predicted molar refractivity (Wildman–Crippen MR) is 151 cm³/mol. The Morgan fingerprint density at radius 2 is 1.77 bits per heavy atom. The molecule has 1 saturated carbocycles. The molecule has 2 amide bonds. The number of ether oxygens (including phenoxy) is 2. The van der Waals surface area contributed by atoms with Crippen LogP contribution in [0.2, 0.25) is 0 Å². The summed E-state index contributed by atoms with van der Waals surface area (Å²) in [6, 6.07) is 10.6. The molecule has 10 nitrogen and oxygen atoms in total. The number of rotatable bonds is 9. The topological polar surface area (TPSA) is 124 Å². The van der Waals surface area contributed by atoms with Gasteiger partial charge in [-0.25, -0.2) is 4.79 Å². The van der Waals surface area contributed by atoms with Gasteiger partial charge in [-0.2, -0.15) is 21.6 Å². The molecule has 0 atom stereocenters. The lowest BCUT2D eigenvalue weighted by atomic mass is 9.97. The number of fused-ring (bicyclic) bond motifs is 1. The maximum atomic E-state index is 13.5. The Morgan fingerprint density at radius 3 is 2.40 bits per heavy atom. The molecule has 1 aromatic heterocycles. The summed E-state index contributed by atoms with van der Waals surface area (Å²) in [6.45, 7) is 7.41. The van der Waals surface area contributed by atoms with Crippen molar-refractivity contribution >= 4 is 33.0 Å². The summed E-state index contributed by atoms with van der Waals surface area (Å²) in [6.07, 6.45) is 1.81.